The number of nitrogen functional groups attached to an aromatic ring is 1. The van der Waals surface area contributed by atoms with Gasteiger partial charge in [-0.1, -0.05) is 71.9 Å². The fourth-order valence-corrected chi connectivity index (χ4v) is 4.06. The second-order valence-corrected chi connectivity index (χ2v) is 7.14. The van der Waals surface area contributed by atoms with Crippen molar-refractivity contribution in [3.05, 3.63) is 84.9 Å². The van der Waals surface area contributed by atoms with E-state index in [1.807, 2.05) is 78.9 Å². The van der Waals surface area contributed by atoms with Gasteiger partial charge < -0.3 is 10.3 Å². The van der Waals surface area contributed by atoms with E-state index in [9.17, 15) is 4.21 Å². The average Bonchev–Trinajstić information content (AvgIpc) is 3.14. The van der Waals surface area contributed by atoms with Crippen molar-refractivity contribution in [1.29, 1.82) is 0 Å². The maximum absolute atomic E-state index is 13.4. The molecule has 4 nitrogen and oxygen atoms in total. The lowest BCUT2D eigenvalue weighted by atomic mass is 10.1. The third kappa shape index (κ3) is 2.93. The van der Waals surface area contributed by atoms with Gasteiger partial charge in [0.1, 0.15) is 10.6 Å². The Labute approximate surface area is 153 Å². The second-order valence-electron chi connectivity index (χ2n) is 5.72. The molecule has 2 N–H and O–H groups in total. The number of anilines is 1. The lowest BCUT2D eigenvalue weighted by Gasteiger charge is -2.07. The lowest BCUT2D eigenvalue weighted by molar-refractivity contribution is 0.433. The Morgan fingerprint density at radius 2 is 1.42 bits per heavy atom. The molecule has 0 spiro atoms. The molecular formula is C21H16N2O2S. The molecule has 0 amide bonds. The largest absolute Gasteiger partial charge is 0.398 e. The number of hydrogen-bond acceptors (Lipinski definition) is 4. The van der Waals surface area contributed by atoms with Crippen molar-refractivity contribution >= 4 is 16.5 Å². The standard InChI is InChI=1S/C21H16N2O2S/c22-18-14-8-7-13-17(18)19-21(26(24)16-11-5-2-6-12-16)20(25-23-19)15-9-3-1-4-10-15/h1-14H,22H2. The van der Waals surface area contributed by atoms with E-state index >= 15 is 0 Å². The molecule has 4 rings (SSSR count). The topological polar surface area (TPSA) is 69.1 Å². The molecule has 1 aromatic heterocycles. The average molecular weight is 360 g/mol. The van der Waals surface area contributed by atoms with Crippen molar-refractivity contribution in [3.8, 4) is 22.6 Å². The number of rotatable bonds is 4. The van der Waals surface area contributed by atoms with Crippen LogP contribution in [0.3, 0.4) is 0 Å². The van der Waals surface area contributed by atoms with E-state index in [0.29, 0.717) is 32.5 Å². The molecule has 26 heavy (non-hydrogen) atoms. The SMILES string of the molecule is Nc1ccccc1-c1noc(-c2ccccc2)c1S(=O)c1ccccc1. The number of benzene rings is 3. The minimum atomic E-state index is -1.46. The van der Waals surface area contributed by atoms with Gasteiger partial charge in [0.25, 0.3) is 0 Å². The summed E-state index contributed by atoms with van der Waals surface area (Å²) in [6.07, 6.45) is 0. The molecule has 3 aromatic carbocycles. The summed E-state index contributed by atoms with van der Waals surface area (Å²) in [6, 6.07) is 26.2. The number of para-hydroxylation sites is 1. The van der Waals surface area contributed by atoms with Crippen LogP contribution in [-0.4, -0.2) is 9.37 Å². The van der Waals surface area contributed by atoms with Crippen LogP contribution in [0.1, 0.15) is 0 Å². The van der Waals surface area contributed by atoms with Gasteiger partial charge in [-0.25, -0.2) is 4.21 Å². The van der Waals surface area contributed by atoms with Crippen LogP contribution in [0.2, 0.25) is 0 Å². The Hall–Kier alpha value is -3.18. The molecule has 0 aliphatic heterocycles. The maximum Gasteiger partial charge on any atom is 0.184 e. The van der Waals surface area contributed by atoms with Crippen molar-refractivity contribution < 1.29 is 8.73 Å². The highest BCUT2D eigenvalue weighted by Crippen LogP contribution is 2.38. The van der Waals surface area contributed by atoms with E-state index < -0.39 is 10.8 Å². The Kier molecular flexibility index (Phi) is 4.37. The van der Waals surface area contributed by atoms with Gasteiger partial charge in [0.05, 0.1) is 10.8 Å². The summed E-state index contributed by atoms with van der Waals surface area (Å²) >= 11 is 0. The lowest BCUT2D eigenvalue weighted by Crippen LogP contribution is -1.98. The van der Waals surface area contributed by atoms with Crippen LogP contribution in [0.5, 0.6) is 0 Å². The summed E-state index contributed by atoms with van der Waals surface area (Å²) in [4.78, 5) is 1.21. The van der Waals surface area contributed by atoms with Crippen LogP contribution < -0.4 is 5.73 Å². The monoisotopic (exact) mass is 360 g/mol. The number of hydrogen-bond donors (Lipinski definition) is 1. The molecule has 0 fully saturated rings. The molecule has 0 radical (unpaired) electrons. The normalized spacial score (nSPS) is 12.0. The van der Waals surface area contributed by atoms with Crippen LogP contribution in [-0.2, 0) is 10.8 Å². The Balaban J connectivity index is 1.95. The molecule has 1 atom stereocenters. The first kappa shape index (κ1) is 16.3. The van der Waals surface area contributed by atoms with Gasteiger partial charge in [0, 0.05) is 21.7 Å². The first-order chi connectivity index (χ1) is 12.8. The van der Waals surface area contributed by atoms with Crippen LogP contribution >= 0.6 is 0 Å². The van der Waals surface area contributed by atoms with E-state index in [2.05, 4.69) is 5.16 Å². The zero-order valence-corrected chi connectivity index (χ0v) is 14.6. The van der Waals surface area contributed by atoms with Crippen LogP contribution in [0, 0.1) is 0 Å². The highest BCUT2D eigenvalue weighted by atomic mass is 32.2. The van der Waals surface area contributed by atoms with Crippen molar-refractivity contribution in [2.75, 3.05) is 5.73 Å². The molecule has 1 heterocycles. The van der Waals surface area contributed by atoms with E-state index in [0.717, 1.165) is 5.56 Å². The Morgan fingerprint density at radius 3 is 2.12 bits per heavy atom. The zero-order valence-electron chi connectivity index (χ0n) is 13.8. The van der Waals surface area contributed by atoms with E-state index in [1.54, 1.807) is 6.07 Å². The summed E-state index contributed by atoms with van der Waals surface area (Å²) in [7, 11) is -1.46. The first-order valence-corrected chi connectivity index (χ1v) is 9.27. The van der Waals surface area contributed by atoms with Gasteiger partial charge in [-0.2, -0.15) is 0 Å². The molecule has 0 aliphatic rings. The highest BCUT2D eigenvalue weighted by molar-refractivity contribution is 7.85. The molecule has 0 aliphatic carbocycles. The van der Waals surface area contributed by atoms with Gasteiger partial charge in [-0.3, -0.25) is 0 Å². The molecule has 0 bridgehead atoms. The van der Waals surface area contributed by atoms with Crippen LogP contribution in [0.4, 0.5) is 5.69 Å². The molecule has 128 valence electrons. The first-order valence-electron chi connectivity index (χ1n) is 8.12. The van der Waals surface area contributed by atoms with Crippen LogP contribution in [0.15, 0.2) is 99.2 Å². The second kappa shape index (κ2) is 6.98. The predicted molar refractivity (Wildman–Crippen MR) is 103 cm³/mol. The van der Waals surface area contributed by atoms with Gasteiger partial charge in [-0.05, 0) is 18.2 Å². The smallest absolute Gasteiger partial charge is 0.184 e. The predicted octanol–water partition coefficient (Wildman–Crippen LogP) is 4.76. The van der Waals surface area contributed by atoms with Gasteiger partial charge >= 0.3 is 0 Å². The fourth-order valence-electron chi connectivity index (χ4n) is 2.77. The molecule has 4 aromatic rings. The fraction of sp³-hybridized carbons (Fsp3) is 0. The number of nitrogens with zero attached hydrogens (tertiary/aromatic N) is 1. The number of nitrogens with two attached hydrogens (primary N) is 1. The maximum atomic E-state index is 13.4. The summed E-state index contributed by atoms with van der Waals surface area (Å²) in [5.74, 6) is 0.492. The van der Waals surface area contributed by atoms with Gasteiger partial charge in [-0.15, -0.1) is 0 Å². The number of aromatic nitrogens is 1. The minimum Gasteiger partial charge on any atom is -0.398 e. The molecule has 0 saturated carbocycles. The summed E-state index contributed by atoms with van der Waals surface area (Å²) < 4.78 is 19.0. The molecular weight excluding hydrogens is 344 g/mol. The third-order valence-corrected chi connectivity index (χ3v) is 5.49. The van der Waals surface area contributed by atoms with Crippen molar-refractivity contribution in [1.82, 2.24) is 5.16 Å². The Morgan fingerprint density at radius 1 is 0.808 bits per heavy atom. The molecule has 1 unspecified atom stereocenters. The highest BCUT2D eigenvalue weighted by Gasteiger charge is 2.26. The van der Waals surface area contributed by atoms with Crippen molar-refractivity contribution in [3.63, 3.8) is 0 Å². The van der Waals surface area contributed by atoms with Crippen LogP contribution in [0.25, 0.3) is 22.6 Å². The van der Waals surface area contributed by atoms with Crippen molar-refractivity contribution in [2.45, 2.75) is 9.79 Å². The van der Waals surface area contributed by atoms with E-state index in [1.165, 1.54) is 0 Å². The zero-order chi connectivity index (χ0) is 17.9. The van der Waals surface area contributed by atoms with Gasteiger partial charge in [0.2, 0.25) is 0 Å². The summed E-state index contributed by atoms with van der Waals surface area (Å²) in [5, 5.41) is 4.22. The quantitative estimate of drug-likeness (QED) is 0.533. The third-order valence-electron chi connectivity index (χ3n) is 4.04. The molecule has 0 saturated heterocycles. The summed E-state index contributed by atoms with van der Waals surface area (Å²) in [5.41, 5.74) is 8.72. The summed E-state index contributed by atoms with van der Waals surface area (Å²) in [6.45, 7) is 0. The van der Waals surface area contributed by atoms with Gasteiger partial charge in [0.15, 0.2) is 5.76 Å². The minimum absolute atomic E-state index is 0.492. The van der Waals surface area contributed by atoms with E-state index in [-0.39, 0.29) is 0 Å². The Bertz CT molecular complexity index is 1060. The van der Waals surface area contributed by atoms with E-state index in [4.69, 9.17) is 10.3 Å². The molecule has 5 heteroatoms. The van der Waals surface area contributed by atoms with Crippen molar-refractivity contribution in [2.24, 2.45) is 0 Å².